The quantitative estimate of drug-likeness (QED) is 0.206. The smallest absolute Gasteiger partial charge is 0.251 e. The van der Waals surface area contributed by atoms with Gasteiger partial charge in [-0.3, -0.25) is 9.59 Å². The van der Waals surface area contributed by atoms with Crippen molar-refractivity contribution in [3.63, 3.8) is 0 Å². The number of piperazine rings is 1. The van der Waals surface area contributed by atoms with Gasteiger partial charge in [0.1, 0.15) is 11.6 Å². The molecule has 0 bridgehead atoms. The van der Waals surface area contributed by atoms with Crippen molar-refractivity contribution in [2.45, 2.75) is 45.1 Å². The lowest BCUT2D eigenvalue weighted by atomic mass is 9.81. The largest absolute Gasteiger partial charge is 0.354 e. The Morgan fingerprint density at radius 1 is 1.04 bits per heavy atom. The number of benzene rings is 2. The molecule has 2 amide bonds. The molecule has 2 aromatic carbocycles. The molecule has 0 spiro atoms. The van der Waals surface area contributed by atoms with Gasteiger partial charge in [0.15, 0.2) is 0 Å². The zero-order valence-corrected chi connectivity index (χ0v) is 27.8. The molecule has 6 rings (SSSR count). The number of amides is 2. The second kappa shape index (κ2) is 15.7. The van der Waals surface area contributed by atoms with E-state index in [9.17, 15) is 9.59 Å². The van der Waals surface area contributed by atoms with Crippen LogP contribution in [0.2, 0.25) is 0 Å². The number of H-pyrrole nitrogens is 1. The highest BCUT2D eigenvalue weighted by atomic mass is 35.5. The number of carbonyl (C=O) groups is 2. The topological polar surface area (TPSA) is 172 Å². The van der Waals surface area contributed by atoms with E-state index in [1.807, 2.05) is 30.5 Å². The van der Waals surface area contributed by atoms with Gasteiger partial charge >= 0.3 is 0 Å². The van der Waals surface area contributed by atoms with Gasteiger partial charge in [-0.05, 0) is 97.7 Å². The van der Waals surface area contributed by atoms with Crippen molar-refractivity contribution in [1.29, 1.82) is 0 Å². The van der Waals surface area contributed by atoms with Crippen LogP contribution in [0.25, 0.3) is 22.5 Å². The van der Waals surface area contributed by atoms with Crippen LogP contribution in [0, 0.1) is 24.6 Å². The van der Waals surface area contributed by atoms with Crippen molar-refractivity contribution in [2.75, 3.05) is 42.5 Å². The molecule has 1 saturated carbocycles. The maximum absolute atomic E-state index is 15.3. The maximum atomic E-state index is 15.3. The molecule has 254 valence electrons. The second-order valence-electron chi connectivity index (χ2n) is 12.5. The van der Waals surface area contributed by atoms with E-state index in [4.69, 9.17) is 16.5 Å². The molecular formula is C34H42ClFN10O2. The Morgan fingerprint density at radius 2 is 1.77 bits per heavy atom. The zero-order chi connectivity index (χ0) is 32.9. The van der Waals surface area contributed by atoms with Crippen molar-refractivity contribution in [3.8, 4) is 22.5 Å². The standard InChI is InChI=1S/C34H41FN10O2.ClH/c1-21-16-31(44-14-12-38-13-15-44)39-20-28(21)24-6-2-22(3-7-24)17-30(37)34(47)45(33(46)25-8-4-23(19-36)5-9-25)26-10-11-27(29(35)18-26)32-40-42-43-41-32;/h2-3,6-7,10-11,16,18,20,23,25,30,38H,4-5,8-9,12-15,17,19,36-37H2,1H3,(H,40,41,42,43);1H/t23-,25-,30-;/m0./s1. The van der Waals surface area contributed by atoms with E-state index < -0.39 is 17.8 Å². The minimum absolute atomic E-state index is 0. The highest BCUT2D eigenvalue weighted by molar-refractivity contribution is 6.17. The predicted octanol–water partition coefficient (Wildman–Crippen LogP) is 3.40. The summed E-state index contributed by atoms with van der Waals surface area (Å²) < 4.78 is 15.3. The Bertz CT molecular complexity index is 1690. The Hall–Kier alpha value is -4.30. The van der Waals surface area contributed by atoms with Gasteiger partial charge in [0.05, 0.1) is 17.3 Å². The summed E-state index contributed by atoms with van der Waals surface area (Å²) in [4.78, 5) is 35.9. The van der Waals surface area contributed by atoms with Crippen LogP contribution in [-0.4, -0.2) is 76.2 Å². The van der Waals surface area contributed by atoms with Crippen LogP contribution in [-0.2, 0) is 16.0 Å². The predicted molar refractivity (Wildman–Crippen MR) is 185 cm³/mol. The lowest BCUT2D eigenvalue weighted by Crippen LogP contribution is -2.50. The van der Waals surface area contributed by atoms with Crippen molar-refractivity contribution in [2.24, 2.45) is 23.3 Å². The number of hydrogen-bond donors (Lipinski definition) is 4. The summed E-state index contributed by atoms with van der Waals surface area (Å²) >= 11 is 0. The summed E-state index contributed by atoms with van der Waals surface area (Å²) in [6.07, 6.45) is 4.91. The lowest BCUT2D eigenvalue weighted by Gasteiger charge is -2.32. The average molecular weight is 677 g/mol. The van der Waals surface area contributed by atoms with Crippen molar-refractivity contribution in [3.05, 3.63) is 71.7 Å². The van der Waals surface area contributed by atoms with Crippen LogP contribution in [0.3, 0.4) is 0 Å². The number of aromatic amines is 1. The number of pyridine rings is 1. The fraction of sp³-hybridized carbons (Fsp3) is 0.412. The van der Waals surface area contributed by atoms with Gasteiger partial charge in [-0.25, -0.2) is 14.3 Å². The van der Waals surface area contributed by atoms with E-state index in [0.717, 1.165) is 78.1 Å². The molecule has 1 aliphatic heterocycles. The van der Waals surface area contributed by atoms with Crippen LogP contribution < -0.4 is 26.6 Å². The van der Waals surface area contributed by atoms with Crippen LogP contribution in [0.4, 0.5) is 15.9 Å². The fourth-order valence-electron chi connectivity index (χ4n) is 6.53. The molecule has 0 radical (unpaired) electrons. The number of halogens is 2. The number of rotatable bonds is 9. The van der Waals surface area contributed by atoms with E-state index in [1.54, 1.807) is 0 Å². The summed E-state index contributed by atoms with van der Waals surface area (Å²) in [5.41, 5.74) is 16.6. The number of carbonyl (C=O) groups excluding carboxylic acids is 2. The highest BCUT2D eigenvalue weighted by Crippen LogP contribution is 2.33. The summed E-state index contributed by atoms with van der Waals surface area (Å²) in [5, 5.41) is 16.8. The van der Waals surface area contributed by atoms with Gasteiger partial charge in [0.2, 0.25) is 11.7 Å². The van der Waals surface area contributed by atoms with Gasteiger partial charge in [0, 0.05) is 43.9 Å². The Balaban J connectivity index is 0.00000451. The van der Waals surface area contributed by atoms with Crippen LogP contribution in [0.5, 0.6) is 0 Å². The SMILES string of the molecule is Cc1cc(N2CCNCC2)ncc1-c1ccc(C[C@H](N)C(=O)N(c2ccc(-c3nn[nH]n3)c(F)c2)C(=O)[C@H]2CC[C@H](CN)CC2)cc1.Cl. The van der Waals surface area contributed by atoms with Crippen LogP contribution >= 0.6 is 12.4 Å². The summed E-state index contributed by atoms with van der Waals surface area (Å²) in [5.74, 6) is -0.640. The van der Waals surface area contributed by atoms with Gasteiger partial charge in [-0.2, -0.15) is 5.21 Å². The molecule has 14 heteroatoms. The van der Waals surface area contributed by atoms with E-state index in [1.165, 1.54) is 12.1 Å². The first-order valence-corrected chi connectivity index (χ1v) is 16.2. The molecule has 0 unspecified atom stereocenters. The Kier molecular flexibility index (Phi) is 11.5. The zero-order valence-electron chi connectivity index (χ0n) is 26.9. The Labute approximate surface area is 285 Å². The number of anilines is 2. The number of imide groups is 1. The minimum atomic E-state index is -1.04. The molecular weight excluding hydrogens is 635 g/mol. The number of aromatic nitrogens is 5. The van der Waals surface area contributed by atoms with Crippen molar-refractivity contribution in [1.82, 2.24) is 30.9 Å². The van der Waals surface area contributed by atoms with Crippen LogP contribution in [0.15, 0.2) is 54.7 Å². The molecule has 1 saturated heterocycles. The summed E-state index contributed by atoms with van der Waals surface area (Å²) in [6.45, 7) is 6.39. The van der Waals surface area contributed by atoms with E-state index in [2.05, 4.69) is 43.8 Å². The maximum Gasteiger partial charge on any atom is 0.251 e. The molecule has 2 aromatic heterocycles. The molecule has 4 aromatic rings. The van der Waals surface area contributed by atoms with E-state index in [-0.39, 0.29) is 47.7 Å². The lowest BCUT2D eigenvalue weighted by molar-refractivity contribution is -0.130. The number of aryl methyl sites for hydroxylation is 1. The third-order valence-electron chi connectivity index (χ3n) is 9.34. The molecule has 3 heterocycles. The summed E-state index contributed by atoms with van der Waals surface area (Å²) in [6, 6.07) is 13.0. The molecule has 48 heavy (non-hydrogen) atoms. The highest BCUT2D eigenvalue weighted by Gasteiger charge is 2.35. The first-order chi connectivity index (χ1) is 22.8. The molecule has 12 nitrogen and oxygen atoms in total. The second-order valence-corrected chi connectivity index (χ2v) is 12.5. The van der Waals surface area contributed by atoms with Crippen LogP contribution in [0.1, 0.15) is 36.8 Å². The molecule has 6 N–H and O–H groups in total. The first-order valence-electron chi connectivity index (χ1n) is 16.2. The number of nitrogens with one attached hydrogen (secondary N) is 2. The third-order valence-corrected chi connectivity index (χ3v) is 9.34. The summed E-state index contributed by atoms with van der Waals surface area (Å²) in [7, 11) is 0. The number of nitrogens with two attached hydrogens (primary N) is 2. The van der Waals surface area contributed by atoms with Gasteiger partial charge < -0.3 is 21.7 Å². The average Bonchev–Trinajstić information content (AvgIpc) is 3.64. The van der Waals surface area contributed by atoms with E-state index >= 15 is 4.39 Å². The van der Waals surface area contributed by atoms with Crippen molar-refractivity contribution < 1.29 is 14.0 Å². The third kappa shape index (κ3) is 7.70. The first kappa shape index (κ1) is 35.0. The minimum Gasteiger partial charge on any atom is -0.354 e. The van der Waals surface area contributed by atoms with Crippen molar-refractivity contribution >= 4 is 35.7 Å². The van der Waals surface area contributed by atoms with Gasteiger partial charge in [-0.1, -0.05) is 24.3 Å². The number of nitrogens with zero attached hydrogens (tertiary/aromatic N) is 6. The number of hydrogen-bond acceptors (Lipinski definition) is 10. The molecule has 2 fully saturated rings. The molecule has 2 aliphatic rings. The molecule has 1 aliphatic carbocycles. The van der Waals surface area contributed by atoms with E-state index in [0.29, 0.717) is 25.3 Å². The Morgan fingerprint density at radius 3 is 2.40 bits per heavy atom. The number of tetrazole rings is 1. The fourth-order valence-corrected chi connectivity index (χ4v) is 6.53. The van der Waals surface area contributed by atoms with Gasteiger partial charge in [0.25, 0.3) is 5.91 Å². The monoisotopic (exact) mass is 676 g/mol. The van der Waals surface area contributed by atoms with Gasteiger partial charge in [-0.15, -0.1) is 22.6 Å². The molecule has 1 atom stereocenters. The normalized spacial score (nSPS) is 18.5.